The highest BCUT2D eigenvalue weighted by atomic mass is 16.4. The fourth-order valence-corrected chi connectivity index (χ4v) is 1.51. The fourth-order valence-electron chi connectivity index (χ4n) is 1.51. The van der Waals surface area contributed by atoms with Gasteiger partial charge in [-0.3, -0.25) is 0 Å². The van der Waals surface area contributed by atoms with Crippen LogP contribution in [-0.2, 0) is 0 Å². The van der Waals surface area contributed by atoms with Gasteiger partial charge >= 0.3 is 6.09 Å². The van der Waals surface area contributed by atoms with Crippen molar-refractivity contribution in [3.63, 3.8) is 0 Å². The number of quaternary nitrogens is 1. The summed E-state index contributed by atoms with van der Waals surface area (Å²) in [6.07, 6.45) is 2.01. The van der Waals surface area contributed by atoms with E-state index in [1.807, 2.05) is 0 Å². The number of carbonyl (C=O) groups is 1. The van der Waals surface area contributed by atoms with Crippen molar-refractivity contribution < 1.29 is 19.5 Å². The third-order valence-electron chi connectivity index (χ3n) is 2.35. The van der Waals surface area contributed by atoms with Gasteiger partial charge < -0.3 is 10.2 Å². The van der Waals surface area contributed by atoms with Crippen molar-refractivity contribution >= 4 is 6.09 Å². The number of piperidine rings is 1. The SMILES string of the molecule is O=C(O)[N+]1(CO)CCCCC1. The van der Waals surface area contributed by atoms with Crippen LogP contribution < -0.4 is 0 Å². The van der Waals surface area contributed by atoms with Crippen LogP contribution in [0.15, 0.2) is 0 Å². The second-order valence-corrected chi connectivity index (χ2v) is 3.08. The number of amides is 1. The first kappa shape index (κ1) is 8.49. The van der Waals surface area contributed by atoms with Gasteiger partial charge in [0.1, 0.15) is 0 Å². The van der Waals surface area contributed by atoms with Crippen molar-refractivity contribution in [1.82, 2.24) is 0 Å². The van der Waals surface area contributed by atoms with Crippen LogP contribution >= 0.6 is 0 Å². The molecule has 1 heterocycles. The maximum absolute atomic E-state index is 10.7. The van der Waals surface area contributed by atoms with Gasteiger partial charge in [0.15, 0.2) is 6.73 Å². The summed E-state index contributed by atoms with van der Waals surface area (Å²) >= 11 is 0. The number of hydrogen-bond donors (Lipinski definition) is 2. The van der Waals surface area contributed by atoms with E-state index in [1.54, 1.807) is 0 Å². The lowest BCUT2D eigenvalue weighted by Gasteiger charge is -2.33. The molecule has 0 bridgehead atoms. The summed E-state index contributed by atoms with van der Waals surface area (Å²) in [6, 6.07) is 0. The molecule has 64 valence electrons. The largest absolute Gasteiger partial charge is 0.515 e. The van der Waals surface area contributed by atoms with Crippen molar-refractivity contribution in [2.75, 3.05) is 19.8 Å². The van der Waals surface area contributed by atoms with Gasteiger partial charge in [-0.25, -0.2) is 4.48 Å². The molecule has 0 aromatic heterocycles. The van der Waals surface area contributed by atoms with E-state index in [1.165, 1.54) is 0 Å². The zero-order valence-corrected chi connectivity index (χ0v) is 6.49. The summed E-state index contributed by atoms with van der Waals surface area (Å²) in [4.78, 5) is 10.7. The molecule has 1 rings (SSSR count). The lowest BCUT2D eigenvalue weighted by Crippen LogP contribution is -2.55. The van der Waals surface area contributed by atoms with Gasteiger partial charge in [-0.15, -0.1) is 0 Å². The molecule has 2 N–H and O–H groups in total. The third-order valence-corrected chi connectivity index (χ3v) is 2.35. The lowest BCUT2D eigenvalue weighted by atomic mass is 10.1. The van der Waals surface area contributed by atoms with Gasteiger partial charge in [0.25, 0.3) is 0 Å². The fraction of sp³-hybridized carbons (Fsp3) is 0.857. The highest BCUT2D eigenvalue weighted by molar-refractivity contribution is 5.56. The normalized spacial score (nSPS) is 23.0. The van der Waals surface area contributed by atoms with Crippen LogP contribution in [0.3, 0.4) is 0 Å². The quantitative estimate of drug-likeness (QED) is 0.553. The molecule has 1 fully saturated rings. The topological polar surface area (TPSA) is 57.5 Å². The number of aliphatic hydroxyl groups excluding tert-OH is 1. The van der Waals surface area contributed by atoms with Crippen molar-refractivity contribution in [1.29, 1.82) is 0 Å². The van der Waals surface area contributed by atoms with Crippen molar-refractivity contribution in [3.05, 3.63) is 0 Å². The Balaban J connectivity index is 2.64. The molecule has 4 heteroatoms. The molecule has 0 aromatic rings. The Hall–Kier alpha value is -0.610. The molecule has 0 unspecified atom stereocenters. The van der Waals surface area contributed by atoms with Gasteiger partial charge in [0, 0.05) is 0 Å². The number of hydrogen-bond acceptors (Lipinski definition) is 2. The van der Waals surface area contributed by atoms with Crippen LogP contribution in [0.2, 0.25) is 0 Å². The Morgan fingerprint density at radius 2 is 1.82 bits per heavy atom. The maximum Gasteiger partial charge on any atom is 0.515 e. The minimum absolute atomic E-state index is 0.153. The molecule has 4 nitrogen and oxygen atoms in total. The molecule has 0 saturated carbocycles. The average molecular weight is 160 g/mol. The molecule has 1 aliphatic rings. The molecule has 0 radical (unpaired) electrons. The Labute approximate surface area is 65.6 Å². The Bertz CT molecular complexity index is 152. The second-order valence-electron chi connectivity index (χ2n) is 3.08. The van der Waals surface area contributed by atoms with Gasteiger partial charge in [-0.2, -0.15) is 4.79 Å². The zero-order chi connectivity index (χ0) is 8.32. The minimum Gasteiger partial charge on any atom is -0.435 e. The first-order valence-corrected chi connectivity index (χ1v) is 3.92. The highest BCUT2D eigenvalue weighted by Crippen LogP contribution is 2.17. The summed E-state index contributed by atoms with van der Waals surface area (Å²) < 4.78 is -0.153. The van der Waals surface area contributed by atoms with Crippen LogP contribution in [0.25, 0.3) is 0 Å². The van der Waals surface area contributed by atoms with E-state index >= 15 is 0 Å². The second kappa shape index (κ2) is 3.19. The number of likely N-dealkylation sites (tertiary alicyclic amines) is 1. The molecule has 1 aliphatic heterocycles. The summed E-state index contributed by atoms with van der Waals surface area (Å²) in [5, 5.41) is 17.7. The molecule has 0 atom stereocenters. The zero-order valence-electron chi connectivity index (χ0n) is 6.49. The van der Waals surface area contributed by atoms with Crippen molar-refractivity contribution in [2.24, 2.45) is 0 Å². The molecular formula is C7H14NO3+. The first-order chi connectivity index (χ1) is 5.21. The number of carboxylic acid groups (broad SMARTS) is 1. The Kier molecular flexibility index (Phi) is 2.46. The molecule has 0 aliphatic carbocycles. The minimum atomic E-state index is -0.896. The van der Waals surface area contributed by atoms with Gasteiger partial charge in [0.2, 0.25) is 0 Å². The molecule has 1 amide bonds. The van der Waals surface area contributed by atoms with E-state index in [4.69, 9.17) is 10.2 Å². The summed E-state index contributed by atoms with van der Waals surface area (Å²) in [7, 11) is 0. The van der Waals surface area contributed by atoms with E-state index in [2.05, 4.69) is 0 Å². The predicted molar refractivity (Wildman–Crippen MR) is 39.0 cm³/mol. The predicted octanol–water partition coefficient (Wildman–Crippen LogP) is 0.615. The smallest absolute Gasteiger partial charge is 0.435 e. The molecular weight excluding hydrogens is 146 g/mol. The number of rotatable bonds is 1. The van der Waals surface area contributed by atoms with Crippen molar-refractivity contribution in [3.8, 4) is 0 Å². The molecule has 1 saturated heterocycles. The van der Waals surface area contributed by atoms with E-state index in [0.29, 0.717) is 13.1 Å². The van der Waals surface area contributed by atoms with Crippen LogP contribution in [0, 0.1) is 0 Å². The lowest BCUT2D eigenvalue weighted by molar-refractivity contribution is -0.881. The van der Waals surface area contributed by atoms with E-state index in [0.717, 1.165) is 19.3 Å². The number of nitrogens with zero attached hydrogens (tertiary/aromatic N) is 1. The third kappa shape index (κ3) is 1.52. The summed E-state index contributed by atoms with van der Waals surface area (Å²) in [6.45, 7) is 0.882. The van der Waals surface area contributed by atoms with Crippen LogP contribution in [0.4, 0.5) is 4.79 Å². The Morgan fingerprint density at radius 1 is 1.27 bits per heavy atom. The first-order valence-electron chi connectivity index (χ1n) is 3.92. The van der Waals surface area contributed by atoms with Crippen molar-refractivity contribution in [2.45, 2.75) is 19.3 Å². The van der Waals surface area contributed by atoms with Crippen LogP contribution in [-0.4, -0.2) is 40.6 Å². The van der Waals surface area contributed by atoms with E-state index in [-0.39, 0.29) is 11.2 Å². The van der Waals surface area contributed by atoms with E-state index < -0.39 is 6.09 Å². The monoisotopic (exact) mass is 160 g/mol. The van der Waals surface area contributed by atoms with Gasteiger partial charge in [-0.1, -0.05) is 0 Å². The summed E-state index contributed by atoms with van der Waals surface area (Å²) in [5.74, 6) is 0. The maximum atomic E-state index is 10.7. The molecule has 0 spiro atoms. The highest BCUT2D eigenvalue weighted by Gasteiger charge is 2.37. The summed E-state index contributed by atoms with van der Waals surface area (Å²) in [5.41, 5.74) is 0. The van der Waals surface area contributed by atoms with E-state index in [9.17, 15) is 4.79 Å². The van der Waals surface area contributed by atoms with Crippen LogP contribution in [0.5, 0.6) is 0 Å². The molecule has 0 aromatic carbocycles. The standard InChI is InChI=1S/C7H13NO3/c9-6-8(7(10)11)4-2-1-3-5-8/h9H,1-6H2/p+1. The Morgan fingerprint density at radius 3 is 2.09 bits per heavy atom. The van der Waals surface area contributed by atoms with Gasteiger partial charge in [0.05, 0.1) is 13.1 Å². The number of aliphatic hydroxyl groups is 1. The average Bonchev–Trinajstić information content (AvgIpc) is 2.05. The van der Waals surface area contributed by atoms with Gasteiger partial charge in [-0.05, 0) is 19.3 Å². The van der Waals surface area contributed by atoms with Crippen LogP contribution in [0.1, 0.15) is 19.3 Å². The molecule has 11 heavy (non-hydrogen) atoms.